The van der Waals surface area contributed by atoms with Crippen LogP contribution in [-0.4, -0.2) is 5.78 Å². The number of carbonyl (C=O) groups excluding carboxylic acids is 1. The van der Waals surface area contributed by atoms with E-state index >= 15 is 0 Å². The minimum atomic E-state index is 0.173. The van der Waals surface area contributed by atoms with Crippen molar-refractivity contribution < 1.29 is 4.79 Å². The quantitative estimate of drug-likeness (QED) is 0.557. The highest BCUT2D eigenvalue weighted by molar-refractivity contribution is 5.94. The Morgan fingerprint density at radius 3 is 2.69 bits per heavy atom. The molecule has 0 bridgehead atoms. The summed E-state index contributed by atoms with van der Waals surface area (Å²) in [5.74, 6) is 2.16. The van der Waals surface area contributed by atoms with Crippen LogP contribution in [0.3, 0.4) is 0 Å². The fraction of sp³-hybridized carbons (Fsp3) is 0.917. The van der Waals surface area contributed by atoms with Crippen LogP contribution in [0.25, 0.3) is 0 Å². The molecule has 0 aromatic carbocycles. The molecule has 1 spiro atoms. The molecule has 1 nitrogen and oxygen atoms in total. The Morgan fingerprint density at radius 1 is 1.31 bits per heavy atom. The van der Waals surface area contributed by atoms with Crippen LogP contribution in [0, 0.1) is 22.7 Å². The normalized spacial score (nSPS) is 58.8. The maximum absolute atomic E-state index is 11.9. The lowest BCUT2D eigenvalue weighted by Gasteiger charge is -2.52. The van der Waals surface area contributed by atoms with Gasteiger partial charge in [0.25, 0.3) is 0 Å². The van der Waals surface area contributed by atoms with Gasteiger partial charge in [-0.3, -0.25) is 4.79 Å². The van der Waals surface area contributed by atoms with E-state index in [1.807, 2.05) is 0 Å². The van der Waals surface area contributed by atoms with Crippen molar-refractivity contribution in [2.75, 3.05) is 0 Å². The minimum Gasteiger partial charge on any atom is -0.299 e. The molecule has 3 fully saturated rings. The third kappa shape index (κ3) is 0.628. The summed E-state index contributed by atoms with van der Waals surface area (Å²) in [5, 5.41) is 0. The van der Waals surface area contributed by atoms with E-state index in [0.29, 0.717) is 11.2 Å². The van der Waals surface area contributed by atoms with Crippen molar-refractivity contribution in [3.63, 3.8) is 0 Å². The molecule has 0 aliphatic heterocycles. The Morgan fingerprint density at radius 2 is 2.08 bits per heavy atom. The molecule has 0 heterocycles. The molecule has 0 saturated heterocycles. The molecule has 0 aromatic rings. The second-order valence-electron chi connectivity index (χ2n) is 5.79. The zero-order chi connectivity index (χ0) is 9.27. The fourth-order valence-corrected chi connectivity index (χ4v) is 4.64. The van der Waals surface area contributed by atoms with E-state index in [9.17, 15) is 4.79 Å². The predicted octanol–water partition coefficient (Wildman–Crippen LogP) is 2.79. The first-order valence-electron chi connectivity index (χ1n) is 5.63. The lowest BCUT2D eigenvalue weighted by molar-refractivity contribution is -0.157. The van der Waals surface area contributed by atoms with Gasteiger partial charge in [0.1, 0.15) is 5.78 Å². The number of carbonyl (C=O) groups is 1. The van der Waals surface area contributed by atoms with E-state index in [4.69, 9.17) is 0 Å². The van der Waals surface area contributed by atoms with Crippen molar-refractivity contribution in [3.05, 3.63) is 0 Å². The smallest absolute Gasteiger partial charge is 0.140 e. The van der Waals surface area contributed by atoms with Gasteiger partial charge in [-0.15, -0.1) is 0 Å². The molecule has 0 aromatic heterocycles. The third-order valence-electron chi connectivity index (χ3n) is 5.45. The standard InChI is InChI=1S/C12H18O/c1-8-3-6-12-9(8)4-5-11(12,2)7-10(12)13/h8-9H,3-7H2,1-2H3/t8-,9+,11+,12-/m1/s1. The molecule has 13 heavy (non-hydrogen) atoms. The summed E-state index contributed by atoms with van der Waals surface area (Å²) < 4.78 is 0. The zero-order valence-electron chi connectivity index (χ0n) is 8.60. The van der Waals surface area contributed by atoms with Crippen molar-refractivity contribution in [3.8, 4) is 0 Å². The minimum absolute atomic E-state index is 0.173. The molecule has 0 unspecified atom stereocenters. The molecule has 3 rings (SSSR count). The van der Waals surface area contributed by atoms with Gasteiger partial charge in [-0.1, -0.05) is 13.8 Å². The Balaban J connectivity index is 2.07. The van der Waals surface area contributed by atoms with Gasteiger partial charge in [0, 0.05) is 11.8 Å². The van der Waals surface area contributed by atoms with Crippen LogP contribution in [0.4, 0.5) is 0 Å². The van der Waals surface area contributed by atoms with Gasteiger partial charge < -0.3 is 0 Å². The fourth-order valence-electron chi connectivity index (χ4n) is 4.64. The summed E-state index contributed by atoms with van der Waals surface area (Å²) in [4.78, 5) is 11.9. The van der Waals surface area contributed by atoms with Gasteiger partial charge in [-0.05, 0) is 42.9 Å². The molecule has 3 aliphatic rings. The SMILES string of the molecule is C[C@@H]1CC[C@@]23C(=O)C[C@]2(C)CC[C@@H]13. The van der Waals surface area contributed by atoms with Crippen molar-refractivity contribution in [2.24, 2.45) is 22.7 Å². The Hall–Kier alpha value is -0.330. The highest BCUT2D eigenvalue weighted by Crippen LogP contribution is 2.73. The second-order valence-corrected chi connectivity index (χ2v) is 5.79. The van der Waals surface area contributed by atoms with Gasteiger partial charge in [0.15, 0.2) is 0 Å². The van der Waals surface area contributed by atoms with Crippen LogP contribution in [0.15, 0.2) is 0 Å². The van der Waals surface area contributed by atoms with Gasteiger partial charge in [0.05, 0.1) is 0 Å². The third-order valence-corrected chi connectivity index (χ3v) is 5.45. The molecule has 0 radical (unpaired) electrons. The summed E-state index contributed by atoms with van der Waals surface area (Å²) in [7, 11) is 0. The van der Waals surface area contributed by atoms with E-state index in [2.05, 4.69) is 13.8 Å². The van der Waals surface area contributed by atoms with Crippen LogP contribution >= 0.6 is 0 Å². The summed E-state index contributed by atoms with van der Waals surface area (Å²) in [5.41, 5.74) is 0.589. The first-order valence-corrected chi connectivity index (χ1v) is 5.63. The lowest BCUT2D eigenvalue weighted by Crippen LogP contribution is -2.55. The average Bonchev–Trinajstić information content (AvgIpc) is 2.52. The van der Waals surface area contributed by atoms with Crippen molar-refractivity contribution >= 4 is 5.78 Å². The first-order chi connectivity index (χ1) is 6.10. The van der Waals surface area contributed by atoms with E-state index < -0.39 is 0 Å². The molecule has 3 aliphatic carbocycles. The lowest BCUT2D eigenvalue weighted by atomic mass is 9.49. The first kappa shape index (κ1) is 8.02. The summed E-state index contributed by atoms with van der Waals surface area (Å²) in [6, 6.07) is 0. The second kappa shape index (κ2) is 2.02. The summed E-state index contributed by atoms with van der Waals surface area (Å²) in [6.07, 6.45) is 6.02. The molecule has 3 saturated carbocycles. The van der Waals surface area contributed by atoms with Crippen LogP contribution in [0.5, 0.6) is 0 Å². The number of hydrogen-bond acceptors (Lipinski definition) is 1. The van der Waals surface area contributed by atoms with Gasteiger partial charge in [-0.25, -0.2) is 0 Å². The Labute approximate surface area is 79.9 Å². The maximum Gasteiger partial charge on any atom is 0.140 e. The average molecular weight is 178 g/mol. The molecule has 0 amide bonds. The van der Waals surface area contributed by atoms with Crippen molar-refractivity contribution in [2.45, 2.75) is 46.0 Å². The van der Waals surface area contributed by atoms with Gasteiger partial charge in [-0.2, -0.15) is 0 Å². The molecule has 72 valence electrons. The van der Waals surface area contributed by atoms with Gasteiger partial charge in [0.2, 0.25) is 0 Å². The molecule has 1 heteroatoms. The Bertz CT molecular complexity index is 283. The Kier molecular flexibility index (Phi) is 1.24. The number of Topliss-reactive ketones (excluding diaryl/α,β-unsaturated/α-hetero) is 1. The van der Waals surface area contributed by atoms with E-state index in [-0.39, 0.29) is 5.41 Å². The van der Waals surface area contributed by atoms with Gasteiger partial charge >= 0.3 is 0 Å². The van der Waals surface area contributed by atoms with Crippen LogP contribution < -0.4 is 0 Å². The van der Waals surface area contributed by atoms with Crippen LogP contribution in [0.2, 0.25) is 0 Å². The largest absolute Gasteiger partial charge is 0.299 e. The molecule has 0 N–H and O–H groups in total. The monoisotopic (exact) mass is 178 g/mol. The van der Waals surface area contributed by atoms with Crippen molar-refractivity contribution in [1.82, 2.24) is 0 Å². The number of ketones is 1. The van der Waals surface area contributed by atoms with Crippen molar-refractivity contribution in [1.29, 1.82) is 0 Å². The topological polar surface area (TPSA) is 17.1 Å². The summed E-state index contributed by atoms with van der Waals surface area (Å²) >= 11 is 0. The van der Waals surface area contributed by atoms with E-state index in [1.54, 1.807) is 0 Å². The molecular formula is C12H18O. The predicted molar refractivity (Wildman–Crippen MR) is 51.3 cm³/mol. The van der Waals surface area contributed by atoms with Crippen LogP contribution in [0.1, 0.15) is 46.0 Å². The highest BCUT2D eigenvalue weighted by Gasteiger charge is 2.71. The maximum atomic E-state index is 11.9. The zero-order valence-corrected chi connectivity index (χ0v) is 8.60. The summed E-state index contributed by atoms with van der Waals surface area (Å²) in [6.45, 7) is 4.70. The van der Waals surface area contributed by atoms with Crippen LogP contribution in [-0.2, 0) is 4.79 Å². The highest BCUT2D eigenvalue weighted by atomic mass is 16.1. The molecular weight excluding hydrogens is 160 g/mol. The number of hydrogen-bond donors (Lipinski definition) is 0. The number of rotatable bonds is 0. The molecule has 4 atom stereocenters. The van der Waals surface area contributed by atoms with E-state index in [1.165, 1.54) is 25.7 Å². The van der Waals surface area contributed by atoms with E-state index in [0.717, 1.165) is 18.3 Å².